The molecular weight excluding hydrogens is 64.0 g/mol. The van der Waals surface area contributed by atoms with E-state index in [1.165, 1.54) is 0 Å². The Kier molecular flexibility index (Phi) is 2.44. The zero-order valence-corrected chi connectivity index (χ0v) is 2.60. The van der Waals surface area contributed by atoms with Crippen LogP contribution in [-0.4, -0.2) is 0 Å². The van der Waals surface area contributed by atoms with Crippen LogP contribution in [0.3, 0.4) is 0 Å². The Morgan fingerprint density at radius 2 is 2.60 bits per heavy atom. The molecule has 0 unspecified atom stereocenters. The van der Waals surface area contributed by atoms with Gasteiger partial charge in [0.1, 0.15) is 0 Å². The molecule has 0 aliphatic rings. The van der Waals surface area contributed by atoms with Gasteiger partial charge in [-0.25, -0.2) is 0 Å². The number of hydrogen-bond donors (Lipinski definition) is 1. The maximum atomic E-state index is 7.59. The SMILES string of the molecule is [CH]=CNC#N. The summed E-state index contributed by atoms with van der Waals surface area (Å²) in [4.78, 5) is 0. The highest BCUT2D eigenvalue weighted by molar-refractivity contribution is 4.72. The van der Waals surface area contributed by atoms with Gasteiger partial charge in [-0.1, -0.05) is 0 Å². The minimum atomic E-state index is 1.07. The van der Waals surface area contributed by atoms with Crippen LogP contribution >= 0.6 is 0 Å². The van der Waals surface area contributed by atoms with Crippen molar-refractivity contribution in [1.82, 2.24) is 5.32 Å². The molecule has 0 heterocycles. The van der Waals surface area contributed by atoms with Gasteiger partial charge >= 0.3 is 0 Å². The molecule has 0 spiro atoms. The molecule has 0 aliphatic carbocycles. The van der Waals surface area contributed by atoms with Crippen LogP contribution in [0.25, 0.3) is 0 Å². The summed E-state index contributed by atoms with van der Waals surface area (Å²) in [6.45, 7) is 4.68. The maximum absolute atomic E-state index is 7.59. The Bertz CT molecular complexity index is 59.8. The lowest BCUT2D eigenvalue weighted by atomic mass is 11.0. The van der Waals surface area contributed by atoms with Crippen LogP contribution < -0.4 is 5.32 Å². The van der Waals surface area contributed by atoms with Crippen LogP contribution in [0.5, 0.6) is 0 Å². The average Bonchev–Trinajstić information content (AvgIpc) is 1.41. The zero-order chi connectivity index (χ0) is 4.12. The molecule has 0 saturated carbocycles. The van der Waals surface area contributed by atoms with E-state index in [0.29, 0.717) is 0 Å². The van der Waals surface area contributed by atoms with E-state index in [4.69, 9.17) is 5.26 Å². The minimum Gasteiger partial charge on any atom is -0.300 e. The third kappa shape index (κ3) is 3.03. The van der Waals surface area contributed by atoms with Crippen LogP contribution in [0.1, 0.15) is 0 Å². The van der Waals surface area contributed by atoms with Crippen molar-refractivity contribution in [2.75, 3.05) is 0 Å². The molecule has 0 aliphatic heterocycles. The molecule has 0 fully saturated rings. The lowest BCUT2D eigenvalue weighted by molar-refractivity contribution is 1.20. The summed E-state index contributed by atoms with van der Waals surface area (Å²) in [5, 5.41) is 9.66. The number of hydrogen-bond acceptors (Lipinski definition) is 2. The summed E-state index contributed by atoms with van der Waals surface area (Å²) in [6, 6.07) is 0. The van der Waals surface area contributed by atoms with Gasteiger partial charge in [-0.05, 0) is 6.58 Å². The van der Waals surface area contributed by atoms with Gasteiger partial charge in [-0.2, -0.15) is 5.26 Å². The molecule has 5 heavy (non-hydrogen) atoms. The van der Waals surface area contributed by atoms with Crippen molar-refractivity contribution >= 4 is 0 Å². The van der Waals surface area contributed by atoms with Gasteiger partial charge < -0.3 is 0 Å². The van der Waals surface area contributed by atoms with E-state index in [2.05, 4.69) is 11.9 Å². The van der Waals surface area contributed by atoms with Gasteiger partial charge in [0.15, 0.2) is 6.19 Å². The van der Waals surface area contributed by atoms with Crippen LogP contribution in [0, 0.1) is 18.0 Å². The second-order valence-corrected chi connectivity index (χ2v) is 0.423. The summed E-state index contributed by atoms with van der Waals surface area (Å²) >= 11 is 0. The molecule has 1 N–H and O–H groups in total. The van der Waals surface area contributed by atoms with E-state index >= 15 is 0 Å². The van der Waals surface area contributed by atoms with Crippen LogP contribution in [0.4, 0.5) is 0 Å². The van der Waals surface area contributed by atoms with Crippen molar-refractivity contribution in [3.63, 3.8) is 0 Å². The fourth-order valence-electron chi connectivity index (χ4n) is 0.0373. The van der Waals surface area contributed by atoms with E-state index in [1.54, 1.807) is 6.19 Å². The normalized spacial score (nSPS) is 4.60. The Morgan fingerprint density at radius 1 is 2.00 bits per heavy atom. The highest BCUT2D eigenvalue weighted by atomic mass is 14.8. The van der Waals surface area contributed by atoms with E-state index in [-0.39, 0.29) is 0 Å². The van der Waals surface area contributed by atoms with Crippen molar-refractivity contribution in [2.45, 2.75) is 0 Å². The first-order valence-electron chi connectivity index (χ1n) is 1.10. The second kappa shape index (κ2) is 3.03. The Labute approximate surface area is 30.7 Å². The molecule has 0 aromatic carbocycles. The smallest absolute Gasteiger partial charge is 0.180 e. The van der Waals surface area contributed by atoms with E-state index in [9.17, 15) is 0 Å². The van der Waals surface area contributed by atoms with E-state index in [1.807, 2.05) is 0 Å². The predicted octanol–water partition coefficient (Wildman–Crippen LogP) is 0.00377. The number of rotatable bonds is 1. The van der Waals surface area contributed by atoms with Gasteiger partial charge in [0.25, 0.3) is 0 Å². The number of nitrogens with one attached hydrogen (secondary N) is 1. The number of nitriles is 1. The van der Waals surface area contributed by atoms with Crippen LogP contribution in [-0.2, 0) is 0 Å². The molecule has 25 valence electrons. The lowest BCUT2D eigenvalue weighted by Crippen LogP contribution is -1.87. The Balaban J connectivity index is 2.75. The standard InChI is InChI=1S/C3H3N2/c1-2-5-3-4/h1-2,5H. The molecule has 0 saturated heterocycles. The van der Waals surface area contributed by atoms with Crippen molar-refractivity contribution in [1.29, 1.82) is 5.26 Å². The second-order valence-electron chi connectivity index (χ2n) is 0.423. The average molecular weight is 67.1 g/mol. The number of nitrogens with zero attached hydrogens (tertiary/aromatic N) is 1. The first kappa shape index (κ1) is 4.03. The van der Waals surface area contributed by atoms with E-state index < -0.39 is 0 Å². The monoisotopic (exact) mass is 67.0 g/mol. The molecule has 0 rings (SSSR count). The Morgan fingerprint density at radius 3 is 2.60 bits per heavy atom. The third-order valence-electron chi connectivity index (χ3n) is 0.148. The largest absolute Gasteiger partial charge is 0.300 e. The molecule has 0 bridgehead atoms. The maximum Gasteiger partial charge on any atom is 0.180 e. The van der Waals surface area contributed by atoms with Crippen molar-refractivity contribution < 1.29 is 0 Å². The quantitative estimate of drug-likeness (QED) is 0.346. The van der Waals surface area contributed by atoms with Gasteiger partial charge in [-0.15, -0.1) is 0 Å². The summed E-state index contributed by atoms with van der Waals surface area (Å²) in [5.41, 5.74) is 0. The summed E-state index contributed by atoms with van der Waals surface area (Å²) < 4.78 is 0. The molecule has 0 aromatic heterocycles. The summed E-state index contributed by atoms with van der Waals surface area (Å²) in [7, 11) is 0. The Hall–Kier alpha value is -0.970. The van der Waals surface area contributed by atoms with Gasteiger partial charge in [0, 0.05) is 6.20 Å². The first-order valence-corrected chi connectivity index (χ1v) is 1.10. The highest BCUT2D eigenvalue weighted by Gasteiger charge is 1.48. The topological polar surface area (TPSA) is 35.8 Å². The molecule has 2 nitrogen and oxygen atoms in total. The van der Waals surface area contributed by atoms with Gasteiger partial charge in [0.05, 0.1) is 0 Å². The fraction of sp³-hybridized carbons (Fsp3) is 0. The van der Waals surface area contributed by atoms with Gasteiger partial charge in [-0.3, -0.25) is 5.32 Å². The third-order valence-corrected chi connectivity index (χ3v) is 0.148. The van der Waals surface area contributed by atoms with Gasteiger partial charge in [0.2, 0.25) is 0 Å². The molecule has 0 amide bonds. The van der Waals surface area contributed by atoms with Crippen molar-refractivity contribution in [3.05, 3.63) is 12.8 Å². The fourth-order valence-corrected chi connectivity index (χ4v) is 0.0373. The first-order chi connectivity index (χ1) is 2.41. The molecule has 2 heteroatoms. The molecule has 1 radical (unpaired) electrons. The summed E-state index contributed by atoms with van der Waals surface area (Å²) in [5.74, 6) is 0. The molecular formula is C3H3N2. The van der Waals surface area contributed by atoms with Crippen LogP contribution in [0.2, 0.25) is 0 Å². The molecule has 0 atom stereocenters. The van der Waals surface area contributed by atoms with Crippen molar-refractivity contribution in [3.8, 4) is 6.19 Å². The lowest BCUT2D eigenvalue weighted by Gasteiger charge is -1.66. The zero-order valence-electron chi connectivity index (χ0n) is 2.60. The van der Waals surface area contributed by atoms with E-state index in [0.717, 1.165) is 6.20 Å². The predicted molar refractivity (Wildman–Crippen MR) is 17.6 cm³/mol. The highest BCUT2D eigenvalue weighted by Crippen LogP contribution is 1.38. The summed E-state index contributed by atoms with van der Waals surface area (Å²) in [6.07, 6.45) is 2.66. The molecule has 0 aromatic rings. The van der Waals surface area contributed by atoms with Crippen LogP contribution in [0.15, 0.2) is 6.20 Å². The minimum absolute atomic E-state index is 1.07. The van der Waals surface area contributed by atoms with Crippen molar-refractivity contribution in [2.24, 2.45) is 0 Å².